The molecule has 0 saturated carbocycles. The summed E-state index contributed by atoms with van der Waals surface area (Å²) in [5.41, 5.74) is -1.48. The summed E-state index contributed by atoms with van der Waals surface area (Å²) >= 11 is 0. The van der Waals surface area contributed by atoms with Crippen LogP contribution in [0, 0.1) is 0 Å². The number of aliphatic hydroxyl groups excluding tert-OH is 8. The molecule has 10 atom stereocenters. The Kier molecular flexibility index (Phi) is 8.87. The Hall–Kier alpha value is -3.75. The molecule has 2 aliphatic rings. The summed E-state index contributed by atoms with van der Waals surface area (Å²) in [6.45, 7) is -1.65. The molecule has 11 N–H and O–H groups in total. The van der Waals surface area contributed by atoms with Crippen LogP contribution in [0.3, 0.4) is 0 Å². The standard InChI is InChI=1S/C27H30O17/c28-6-12-15(31)19(35)22(38)26(42-12)41-11-5-10-14(17(33)21(37)24(40-10)8-1-3-9(30)4-2-8)18(34)25(11)44-27-23(39)20(36)16(32)13(7-29)43-27/h1-5,12-13,15-16,19-20,22-23,26-32,34-39H,6-7H2. The lowest BCUT2D eigenvalue weighted by Crippen LogP contribution is -2.60. The minimum Gasteiger partial charge on any atom is -0.508 e. The van der Waals surface area contributed by atoms with Gasteiger partial charge in [0.25, 0.3) is 0 Å². The van der Waals surface area contributed by atoms with E-state index in [-0.39, 0.29) is 17.1 Å². The molecule has 3 aromatic rings. The molecule has 2 aliphatic heterocycles. The third-order valence-corrected chi connectivity index (χ3v) is 7.36. The van der Waals surface area contributed by atoms with E-state index in [0.717, 1.165) is 6.07 Å². The fourth-order valence-electron chi connectivity index (χ4n) is 4.86. The highest BCUT2D eigenvalue weighted by Crippen LogP contribution is 2.46. The van der Waals surface area contributed by atoms with E-state index < -0.39 is 114 Å². The number of hydrogen-bond acceptors (Lipinski definition) is 17. The fraction of sp³-hybridized carbons (Fsp3) is 0.444. The van der Waals surface area contributed by atoms with Gasteiger partial charge in [-0.2, -0.15) is 0 Å². The Morgan fingerprint density at radius 2 is 1.20 bits per heavy atom. The van der Waals surface area contributed by atoms with Crippen molar-refractivity contribution < 1.29 is 79.5 Å². The molecule has 2 saturated heterocycles. The summed E-state index contributed by atoms with van der Waals surface area (Å²) in [6.07, 6.45) is -17.9. The van der Waals surface area contributed by atoms with Crippen LogP contribution in [0.2, 0.25) is 0 Å². The van der Waals surface area contributed by atoms with Gasteiger partial charge in [-0.25, -0.2) is 0 Å². The van der Waals surface area contributed by atoms with Crippen molar-refractivity contribution in [2.24, 2.45) is 0 Å². The fourth-order valence-corrected chi connectivity index (χ4v) is 4.86. The highest BCUT2D eigenvalue weighted by molar-refractivity contribution is 5.91. The van der Waals surface area contributed by atoms with Gasteiger partial charge in [0.05, 0.1) is 13.2 Å². The van der Waals surface area contributed by atoms with Gasteiger partial charge in [-0.15, -0.1) is 0 Å². The molecule has 10 unspecified atom stereocenters. The highest BCUT2D eigenvalue weighted by Gasteiger charge is 2.47. The smallest absolute Gasteiger partial charge is 0.238 e. The first-order valence-electron chi connectivity index (χ1n) is 13.2. The van der Waals surface area contributed by atoms with Gasteiger partial charge >= 0.3 is 0 Å². The first-order chi connectivity index (χ1) is 20.9. The maximum absolute atomic E-state index is 13.3. The zero-order valence-electron chi connectivity index (χ0n) is 22.4. The summed E-state index contributed by atoms with van der Waals surface area (Å²) in [4.78, 5) is 13.3. The van der Waals surface area contributed by atoms with E-state index in [2.05, 4.69) is 0 Å². The zero-order valence-corrected chi connectivity index (χ0v) is 22.4. The Morgan fingerprint density at radius 1 is 0.682 bits per heavy atom. The van der Waals surface area contributed by atoms with Crippen molar-refractivity contribution in [3.63, 3.8) is 0 Å². The summed E-state index contributed by atoms with van der Waals surface area (Å²) in [7, 11) is 0. The number of rotatable bonds is 7. The quantitative estimate of drug-likeness (QED) is 0.124. The monoisotopic (exact) mass is 626 g/mol. The van der Waals surface area contributed by atoms with Gasteiger partial charge in [0.15, 0.2) is 17.3 Å². The van der Waals surface area contributed by atoms with Crippen LogP contribution in [0.25, 0.3) is 22.3 Å². The van der Waals surface area contributed by atoms with Gasteiger partial charge in [0.2, 0.25) is 29.5 Å². The van der Waals surface area contributed by atoms with E-state index in [1.165, 1.54) is 24.3 Å². The molecule has 0 aliphatic carbocycles. The first kappa shape index (κ1) is 31.7. The predicted molar refractivity (Wildman–Crippen MR) is 142 cm³/mol. The van der Waals surface area contributed by atoms with Gasteiger partial charge < -0.3 is 79.5 Å². The van der Waals surface area contributed by atoms with E-state index in [1.54, 1.807) is 0 Å². The second-order valence-electron chi connectivity index (χ2n) is 10.2. The highest BCUT2D eigenvalue weighted by atomic mass is 16.7. The molecule has 44 heavy (non-hydrogen) atoms. The Labute approximate surface area is 246 Å². The van der Waals surface area contributed by atoms with Crippen molar-refractivity contribution in [3.8, 4) is 40.1 Å². The van der Waals surface area contributed by atoms with Crippen LogP contribution in [-0.2, 0) is 9.47 Å². The van der Waals surface area contributed by atoms with Gasteiger partial charge in [0, 0.05) is 11.6 Å². The van der Waals surface area contributed by atoms with E-state index in [0.29, 0.717) is 0 Å². The zero-order chi connectivity index (χ0) is 32.0. The van der Waals surface area contributed by atoms with Crippen LogP contribution in [0.4, 0.5) is 0 Å². The maximum Gasteiger partial charge on any atom is 0.238 e. The second kappa shape index (κ2) is 12.3. The second-order valence-corrected chi connectivity index (χ2v) is 10.2. The molecule has 3 heterocycles. The minimum absolute atomic E-state index is 0.126. The maximum atomic E-state index is 13.3. The molecule has 0 amide bonds. The molecular formula is C27H30O17. The number of benzene rings is 2. The summed E-state index contributed by atoms with van der Waals surface area (Å²) in [5.74, 6) is -3.97. The van der Waals surface area contributed by atoms with E-state index in [1.807, 2.05) is 0 Å². The number of fused-ring (bicyclic) bond motifs is 1. The van der Waals surface area contributed by atoms with Gasteiger partial charge in [-0.3, -0.25) is 4.79 Å². The molecule has 1 aromatic heterocycles. The lowest BCUT2D eigenvalue weighted by atomic mass is 9.99. The van der Waals surface area contributed by atoms with Crippen molar-refractivity contribution in [1.29, 1.82) is 0 Å². The average molecular weight is 627 g/mol. The molecular weight excluding hydrogens is 596 g/mol. The van der Waals surface area contributed by atoms with E-state index in [4.69, 9.17) is 23.4 Å². The minimum atomic E-state index is -2.00. The average Bonchev–Trinajstić information content (AvgIpc) is 3.01. The number of hydrogen-bond donors (Lipinski definition) is 11. The first-order valence-corrected chi connectivity index (χ1v) is 13.2. The molecule has 17 nitrogen and oxygen atoms in total. The van der Waals surface area contributed by atoms with Crippen LogP contribution in [-0.4, -0.2) is 131 Å². The third kappa shape index (κ3) is 5.50. The van der Waals surface area contributed by atoms with Crippen LogP contribution in [0.15, 0.2) is 39.5 Å². The number of phenols is 2. The van der Waals surface area contributed by atoms with Crippen molar-refractivity contribution in [2.45, 2.75) is 61.4 Å². The van der Waals surface area contributed by atoms with Crippen LogP contribution >= 0.6 is 0 Å². The number of phenolic OH excluding ortho intramolecular Hbond substituents is 2. The number of aliphatic hydroxyl groups is 8. The third-order valence-electron chi connectivity index (χ3n) is 7.36. The van der Waals surface area contributed by atoms with Crippen molar-refractivity contribution in [2.75, 3.05) is 13.2 Å². The van der Waals surface area contributed by atoms with Gasteiger partial charge in [-0.05, 0) is 24.3 Å². The van der Waals surface area contributed by atoms with E-state index >= 15 is 0 Å². The SMILES string of the molecule is O=c1c(O)c(-c2ccc(O)cc2)oc2cc(OC3OC(CO)C(O)C(O)C3O)c(OC3OC(CO)C(O)C(O)C3O)c(O)c12. The predicted octanol–water partition coefficient (Wildman–Crippen LogP) is -3.07. The largest absolute Gasteiger partial charge is 0.508 e. The lowest BCUT2D eigenvalue weighted by molar-refractivity contribution is -0.282. The van der Waals surface area contributed by atoms with Gasteiger partial charge in [0.1, 0.15) is 65.6 Å². The van der Waals surface area contributed by atoms with Crippen molar-refractivity contribution in [1.82, 2.24) is 0 Å². The van der Waals surface area contributed by atoms with Crippen molar-refractivity contribution in [3.05, 3.63) is 40.6 Å². The topological polar surface area (TPSA) is 290 Å². The molecule has 0 radical (unpaired) electrons. The summed E-state index contributed by atoms with van der Waals surface area (Å²) in [5, 5.41) is 112. The molecule has 5 rings (SSSR count). The summed E-state index contributed by atoms with van der Waals surface area (Å²) in [6, 6.07) is 6.09. The summed E-state index contributed by atoms with van der Waals surface area (Å²) < 4.78 is 27.6. The Bertz CT molecular complexity index is 1540. The molecule has 17 heteroatoms. The van der Waals surface area contributed by atoms with Crippen molar-refractivity contribution >= 4 is 11.0 Å². The molecule has 2 fully saturated rings. The Morgan fingerprint density at radius 3 is 1.73 bits per heavy atom. The number of aromatic hydroxyl groups is 3. The normalized spacial score (nSPS) is 32.5. The van der Waals surface area contributed by atoms with Crippen LogP contribution < -0.4 is 14.9 Å². The number of ether oxygens (including phenoxy) is 4. The molecule has 2 aromatic carbocycles. The van der Waals surface area contributed by atoms with E-state index in [9.17, 15) is 61.0 Å². The van der Waals surface area contributed by atoms with Crippen LogP contribution in [0.1, 0.15) is 0 Å². The molecule has 240 valence electrons. The van der Waals surface area contributed by atoms with Gasteiger partial charge in [-0.1, -0.05) is 0 Å². The Balaban J connectivity index is 1.65. The lowest BCUT2D eigenvalue weighted by Gasteiger charge is -2.41. The molecule has 0 spiro atoms. The van der Waals surface area contributed by atoms with Crippen LogP contribution in [0.5, 0.6) is 28.7 Å². The molecule has 0 bridgehead atoms.